The Kier molecular flexibility index (Phi) is 7.85. The average molecular weight is 536 g/mol. The van der Waals surface area contributed by atoms with Crippen molar-refractivity contribution in [3.05, 3.63) is 88.5 Å². The minimum absolute atomic E-state index is 0.146. The zero-order valence-electron chi connectivity index (χ0n) is 24.0. The number of fused-ring (bicyclic) bond motifs is 1. The zero-order valence-corrected chi connectivity index (χ0v) is 24.0. The summed E-state index contributed by atoms with van der Waals surface area (Å²) in [6.45, 7) is 13.1. The van der Waals surface area contributed by atoms with E-state index in [4.69, 9.17) is 0 Å². The number of nitrogens with zero attached hydrogens (tertiary/aromatic N) is 3. The van der Waals surface area contributed by atoms with Gasteiger partial charge in [-0.05, 0) is 88.3 Å². The number of Topliss-reactive ketones (excluding diaryl/α,β-unsaturated/α-hetero) is 1. The Morgan fingerprint density at radius 3 is 2.50 bits per heavy atom. The van der Waals surface area contributed by atoms with Gasteiger partial charge in [0.2, 0.25) is 0 Å². The van der Waals surface area contributed by atoms with Crippen molar-refractivity contribution in [3.8, 4) is 16.8 Å². The number of ketones is 1. The van der Waals surface area contributed by atoms with Crippen LogP contribution in [0, 0.1) is 20.8 Å². The van der Waals surface area contributed by atoms with Crippen LogP contribution >= 0.6 is 0 Å². The van der Waals surface area contributed by atoms with Crippen molar-refractivity contribution in [2.45, 2.75) is 47.5 Å². The van der Waals surface area contributed by atoms with Crippen LogP contribution in [0.2, 0.25) is 0 Å². The quantitative estimate of drug-likeness (QED) is 0.177. The fourth-order valence-electron chi connectivity index (χ4n) is 5.43. The monoisotopic (exact) mass is 535 g/mol. The molecule has 1 aliphatic rings. The third kappa shape index (κ3) is 5.42. The van der Waals surface area contributed by atoms with Gasteiger partial charge in [-0.25, -0.2) is 4.68 Å². The maximum absolute atomic E-state index is 13.1. The maximum atomic E-state index is 13.1. The van der Waals surface area contributed by atoms with Crippen molar-refractivity contribution in [2.75, 3.05) is 25.0 Å². The molecule has 0 saturated carbocycles. The molecule has 2 aromatic carbocycles. The number of aromatic nitrogens is 3. The number of hydrogen-bond donors (Lipinski definition) is 2. The van der Waals surface area contributed by atoms with E-state index in [1.807, 2.05) is 67.3 Å². The number of aryl methyl sites for hydroxylation is 2. The number of carbonyl (C=O) groups excluding carboxylic acids is 2. The molecule has 0 aliphatic carbocycles. The summed E-state index contributed by atoms with van der Waals surface area (Å²) in [5.41, 5.74) is 9.58. The van der Waals surface area contributed by atoms with E-state index in [1.54, 1.807) is 0 Å². The standard InChI is InChI=1S/C33H37N5O2/c1-6-37(7-2)16-8-9-31(39)32-22(4)30(35-23(32)5)18-28-27-17-24(12-15-29(27)36-33(28)40)25-19-34-38(20-25)26-13-10-21(3)11-14-26/h10-15,17-20,35H,6-9,16H2,1-5H3,(H,36,40)/b28-18-. The van der Waals surface area contributed by atoms with Gasteiger partial charge in [-0.1, -0.05) is 37.6 Å². The predicted octanol–water partition coefficient (Wildman–Crippen LogP) is 6.59. The molecule has 0 bridgehead atoms. The Morgan fingerprint density at radius 2 is 1.77 bits per heavy atom. The normalized spacial score (nSPS) is 13.8. The number of nitrogens with one attached hydrogen (secondary N) is 2. The van der Waals surface area contributed by atoms with E-state index in [-0.39, 0.29) is 11.7 Å². The van der Waals surface area contributed by atoms with E-state index in [0.29, 0.717) is 12.0 Å². The number of hydrogen-bond acceptors (Lipinski definition) is 4. The van der Waals surface area contributed by atoms with Crippen molar-refractivity contribution in [3.63, 3.8) is 0 Å². The summed E-state index contributed by atoms with van der Waals surface area (Å²) in [7, 11) is 0. The average Bonchev–Trinajstić information content (AvgIpc) is 3.63. The number of rotatable bonds is 10. The number of H-pyrrole nitrogens is 1. The molecule has 0 saturated heterocycles. The van der Waals surface area contributed by atoms with Crippen molar-refractivity contribution in [2.24, 2.45) is 0 Å². The molecule has 1 aliphatic heterocycles. The van der Waals surface area contributed by atoms with Crippen LogP contribution in [-0.4, -0.2) is 51.0 Å². The highest BCUT2D eigenvalue weighted by molar-refractivity contribution is 6.35. The lowest BCUT2D eigenvalue weighted by Crippen LogP contribution is -2.24. The van der Waals surface area contributed by atoms with E-state index < -0.39 is 0 Å². The molecule has 0 radical (unpaired) electrons. The summed E-state index contributed by atoms with van der Waals surface area (Å²) in [5.74, 6) is -0.00606. The number of amides is 1. The van der Waals surface area contributed by atoms with E-state index in [9.17, 15) is 9.59 Å². The molecule has 4 aromatic rings. The summed E-state index contributed by atoms with van der Waals surface area (Å²) in [6, 6.07) is 14.2. The number of aromatic amines is 1. The molecule has 3 heterocycles. The fraction of sp³-hybridized carbons (Fsp3) is 0.303. The lowest BCUT2D eigenvalue weighted by atomic mass is 9.98. The highest BCUT2D eigenvalue weighted by Crippen LogP contribution is 2.37. The molecule has 7 nitrogen and oxygen atoms in total. The zero-order chi connectivity index (χ0) is 28.4. The van der Waals surface area contributed by atoms with Crippen LogP contribution in [0.25, 0.3) is 28.5 Å². The number of carbonyl (C=O) groups is 2. The molecule has 2 N–H and O–H groups in total. The first-order valence-corrected chi connectivity index (χ1v) is 14.0. The smallest absolute Gasteiger partial charge is 0.256 e. The van der Waals surface area contributed by atoms with E-state index in [1.165, 1.54) is 5.56 Å². The Labute approximate surface area is 235 Å². The first-order valence-electron chi connectivity index (χ1n) is 14.0. The van der Waals surface area contributed by atoms with Crippen molar-refractivity contribution < 1.29 is 9.59 Å². The highest BCUT2D eigenvalue weighted by Gasteiger charge is 2.26. The summed E-state index contributed by atoms with van der Waals surface area (Å²) in [6.07, 6.45) is 7.05. The molecule has 2 aromatic heterocycles. The molecule has 0 unspecified atom stereocenters. The Bertz CT molecular complexity index is 1590. The molecular formula is C33H37N5O2. The second-order valence-corrected chi connectivity index (χ2v) is 10.5. The molecule has 7 heteroatoms. The van der Waals surface area contributed by atoms with Gasteiger partial charge >= 0.3 is 0 Å². The van der Waals surface area contributed by atoms with Crippen molar-refractivity contribution in [1.29, 1.82) is 0 Å². The van der Waals surface area contributed by atoms with Gasteiger partial charge in [-0.15, -0.1) is 0 Å². The van der Waals surface area contributed by atoms with Gasteiger partial charge in [0.05, 0.1) is 17.5 Å². The molecule has 5 rings (SSSR count). The summed E-state index contributed by atoms with van der Waals surface area (Å²) in [5, 5.41) is 7.53. The topological polar surface area (TPSA) is 83.0 Å². The van der Waals surface area contributed by atoms with E-state index in [2.05, 4.69) is 53.2 Å². The Morgan fingerprint density at radius 1 is 1.02 bits per heavy atom. The van der Waals surface area contributed by atoms with Crippen LogP contribution in [0.5, 0.6) is 0 Å². The van der Waals surface area contributed by atoms with Crippen LogP contribution in [0.4, 0.5) is 5.69 Å². The molecule has 40 heavy (non-hydrogen) atoms. The Balaban J connectivity index is 1.40. The largest absolute Gasteiger partial charge is 0.358 e. The first kappa shape index (κ1) is 27.3. The summed E-state index contributed by atoms with van der Waals surface area (Å²) in [4.78, 5) is 31.8. The van der Waals surface area contributed by atoms with Crippen LogP contribution in [0.1, 0.15) is 65.1 Å². The second-order valence-electron chi connectivity index (χ2n) is 10.5. The molecule has 0 fully saturated rings. The number of benzene rings is 2. The van der Waals surface area contributed by atoms with Crippen LogP contribution in [-0.2, 0) is 4.79 Å². The van der Waals surface area contributed by atoms with Gasteiger partial charge in [0, 0.05) is 46.4 Å². The van der Waals surface area contributed by atoms with E-state index >= 15 is 0 Å². The third-order valence-electron chi connectivity index (χ3n) is 7.83. The van der Waals surface area contributed by atoms with Gasteiger partial charge < -0.3 is 15.2 Å². The van der Waals surface area contributed by atoms with Crippen molar-refractivity contribution in [1.82, 2.24) is 19.7 Å². The minimum atomic E-state index is -0.152. The first-order chi connectivity index (χ1) is 19.3. The van der Waals surface area contributed by atoms with Crippen LogP contribution in [0.3, 0.4) is 0 Å². The van der Waals surface area contributed by atoms with Crippen LogP contribution in [0.15, 0.2) is 54.9 Å². The SMILES string of the molecule is CCN(CC)CCCC(=O)c1c(C)[nH]c(/C=C2\C(=O)Nc3ccc(-c4cnn(-c5ccc(C)cc5)c4)cc32)c1C. The maximum Gasteiger partial charge on any atom is 0.256 e. The number of anilines is 1. The van der Waals surface area contributed by atoms with Gasteiger partial charge in [0.25, 0.3) is 5.91 Å². The minimum Gasteiger partial charge on any atom is -0.358 e. The lowest BCUT2D eigenvalue weighted by Gasteiger charge is -2.17. The summed E-state index contributed by atoms with van der Waals surface area (Å²) < 4.78 is 1.85. The van der Waals surface area contributed by atoms with Crippen LogP contribution < -0.4 is 5.32 Å². The fourth-order valence-corrected chi connectivity index (χ4v) is 5.43. The molecule has 206 valence electrons. The molecule has 0 atom stereocenters. The van der Waals surface area contributed by atoms with Gasteiger partial charge in [-0.3, -0.25) is 9.59 Å². The summed E-state index contributed by atoms with van der Waals surface area (Å²) >= 11 is 0. The van der Waals surface area contributed by atoms with Gasteiger partial charge in [0.15, 0.2) is 5.78 Å². The van der Waals surface area contributed by atoms with Gasteiger partial charge in [0.1, 0.15) is 0 Å². The third-order valence-corrected chi connectivity index (χ3v) is 7.83. The molecule has 0 spiro atoms. The highest BCUT2D eigenvalue weighted by atomic mass is 16.2. The lowest BCUT2D eigenvalue weighted by molar-refractivity contribution is -0.110. The Hall–Kier alpha value is -4.23. The van der Waals surface area contributed by atoms with Crippen molar-refractivity contribution >= 4 is 29.0 Å². The second kappa shape index (κ2) is 11.5. The van der Waals surface area contributed by atoms with Gasteiger partial charge in [-0.2, -0.15) is 5.10 Å². The molecule has 1 amide bonds. The van der Waals surface area contributed by atoms with E-state index in [0.717, 1.165) is 76.6 Å². The molecular weight excluding hydrogens is 498 g/mol. The predicted molar refractivity (Wildman–Crippen MR) is 162 cm³/mol.